The van der Waals surface area contributed by atoms with Gasteiger partial charge in [0.25, 0.3) is 0 Å². The summed E-state index contributed by atoms with van der Waals surface area (Å²) in [7, 11) is 0. The first kappa shape index (κ1) is 14.5. The summed E-state index contributed by atoms with van der Waals surface area (Å²) in [6, 6.07) is 5.59. The van der Waals surface area contributed by atoms with Crippen molar-refractivity contribution in [2.24, 2.45) is 0 Å². The highest BCUT2D eigenvalue weighted by molar-refractivity contribution is 5.88. The Bertz CT molecular complexity index is 476. The van der Waals surface area contributed by atoms with Gasteiger partial charge in [0.1, 0.15) is 11.8 Å². The number of nitrogens with two attached hydrogens (primary N) is 1. The lowest BCUT2D eigenvalue weighted by Crippen LogP contribution is -2.55. The number of amides is 1. The van der Waals surface area contributed by atoms with Crippen LogP contribution in [0.25, 0.3) is 0 Å². The van der Waals surface area contributed by atoms with Crippen LogP contribution in [0.4, 0.5) is 11.4 Å². The van der Waals surface area contributed by atoms with Crippen LogP contribution in [0.5, 0.6) is 5.75 Å². The molecule has 1 unspecified atom stereocenters. The molecule has 20 heavy (non-hydrogen) atoms. The van der Waals surface area contributed by atoms with Gasteiger partial charge in [0.15, 0.2) is 0 Å². The van der Waals surface area contributed by atoms with Gasteiger partial charge >= 0.3 is 0 Å². The molecule has 1 amide bonds. The van der Waals surface area contributed by atoms with Crippen molar-refractivity contribution in [3.63, 3.8) is 0 Å². The summed E-state index contributed by atoms with van der Waals surface area (Å²) < 4.78 is 5.66. The number of anilines is 2. The van der Waals surface area contributed by atoms with Crippen LogP contribution < -0.4 is 20.7 Å². The van der Waals surface area contributed by atoms with Gasteiger partial charge < -0.3 is 20.7 Å². The zero-order chi connectivity index (χ0) is 14.5. The Morgan fingerprint density at radius 3 is 2.95 bits per heavy atom. The summed E-state index contributed by atoms with van der Waals surface area (Å²) in [4.78, 5) is 14.0. The van der Waals surface area contributed by atoms with Gasteiger partial charge in [-0.2, -0.15) is 0 Å². The van der Waals surface area contributed by atoms with Crippen molar-refractivity contribution >= 4 is 17.3 Å². The predicted molar refractivity (Wildman–Crippen MR) is 81.1 cm³/mol. The minimum absolute atomic E-state index is 0.0676. The van der Waals surface area contributed by atoms with Crippen molar-refractivity contribution in [1.82, 2.24) is 5.32 Å². The lowest BCUT2D eigenvalue weighted by Gasteiger charge is -2.37. The van der Waals surface area contributed by atoms with Crippen molar-refractivity contribution in [3.8, 4) is 5.75 Å². The summed E-state index contributed by atoms with van der Waals surface area (Å²) in [5.74, 6) is 0.767. The topological polar surface area (TPSA) is 67.6 Å². The molecule has 0 aromatic heterocycles. The normalized spacial score (nSPS) is 18.8. The molecule has 0 saturated carbocycles. The Balaban J connectivity index is 2.29. The van der Waals surface area contributed by atoms with Crippen LogP contribution in [0.3, 0.4) is 0 Å². The van der Waals surface area contributed by atoms with E-state index < -0.39 is 0 Å². The number of ether oxygens (including phenoxy) is 1. The van der Waals surface area contributed by atoms with E-state index in [1.165, 1.54) is 0 Å². The number of nitrogen functional groups attached to an aromatic ring is 1. The van der Waals surface area contributed by atoms with E-state index in [1.807, 2.05) is 25.1 Å². The summed E-state index contributed by atoms with van der Waals surface area (Å²) in [5, 5.41) is 2.90. The van der Waals surface area contributed by atoms with E-state index in [2.05, 4.69) is 17.1 Å². The fraction of sp³-hybridized carbons (Fsp3) is 0.533. The van der Waals surface area contributed by atoms with E-state index in [0.717, 1.165) is 25.1 Å². The molecule has 1 aliphatic heterocycles. The minimum Gasteiger partial charge on any atom is -0.491 e. The van der Waals surface area contributed by atoms with E-state index in [0.29, 0.717) is 24.6 Å². The monoisotopic (exact) mass is 277 g/mol. The number of nitrogens with zero attached hydrogens (tertiary/aromatic N) is 1. The number of carbonyl (C=O) groups is 1. The SMILES string of the molecule is CCCOc1cccc(N2CCNC(=O)C2CC)c1N. The summed E-state index contributed by atoms with van der Waals surface area (Å²) in [5.41, 5.74) is 7.73. The van der Waals surface area contributed by atoms with Gasteiger partial charge in [-0.15, -0.1) is 0 Å². The van der Waals surface area contributed by atoms with E-state index >= 15 is 0 Å². The number of nitrogens with one attached hydrogen (secondary N) is 1. The third-order valence-corrected chi connectivity index (χ3v) is 3.53. The van der Waals surface area contributed by atoms with Crippen molar-refractivity contribution in [3.05, 3.63) is 18.2 Å². The first-order chi connectivity index (χ1) is 9.69. The number of carbonyl (C=O) groups excluding carboxylic acids is 1. The van der Waals surface area contributed by atoms with Crippen LogP contribution in [0, 0.1) is 0 Å². The molecule has 0 bridgehead atoms. The molecule has 0 aliphatic carbocycles. The predicted octanol–water partition coefficient (Wildman–Crippen LogP) is 1.77. The molecule has 2 rings (SSSR count). The molecule has 1 saturated heterocycles. The van der Waals surface area contributed by atoms with Crippen molar-refractivity contribution < 1.29 is 9.53 Å². The van der Waals surface area contributed by atoms with Gasteiger partial charge in [0, 0.05) is 13.1 Å². The second-order valence-electron chi connectivity index (χ2n) is 4.95. The number of benzene rings is 1. The number of piperazine rings is 1. The molecule has 0 spiro atoms. The number of hydrogen-bond acceptors (Lipinski definition) is 4. The molecule has 5 nitrogen and oxygen atoms in total. The molecule has 1 heterocycles. The minimum atomic E-state index is -0.160. The van der Waals surface area contributed by atoms with E-state index in [-0.39, 0.29) is 11.9 Å². The fourth-order valence-electron chi connectivity index (χ4n) is 2.53. The molecule has 110 valence electrons. The largest absolute Gasteiger partial charge is 0.491 e. The van der Waals surface area contributed by atoms with Gasteiger partial charge in [-0.1, -0.05) is 19.9 Å². The van der Waals surface area contributed by atoms with Crippen LogP contribution in [0.1, 0.15) is 26.7 Å². The number of hydrogen-bond donors (Lipinski definition) is 2. The standard InChI is InChI=1S/C15H23N3O2/c1-3-10-20-13-7-5-6-12(14(13)16)18-9-8-17-15(19)11(18)4-2/h5-7,11H,3-4,8-10,16H2,1-2H3,(H,17,19). The molecule has 3 N–H and O–H groups in total. The summed E-state index contributed by atoms with van der Waals surface area (Å²) in [6.07, 6.45) is 1.69. The maximum atomic E-state index is 12.0. The Labute approximate surface area is 120 Å². The Kier molecular flexibility index (Phi) is 4.71. The molecule has 1 aromatic carbocycles. The maximum Gasteiger partial charge on any atom is 0.242 e. The zero-order valence-electron chi connectivity index (χ0n) is 12.2. The van der Waals surface area contributed by atoms with E-state index in [1.54, 1.807) is 0 Å². The van der Waals surface area contributed by atoms with Gasteiger partial charge in [0.05, 0.1) is 18.0 Å². The molecule has 0 radical (unpaired) electrons. The maximum absolute atomic E-state index is 12.0. The quantitative estimate of drug-likeness (QED) is 0.805. The molecular weight excluding hydrogens is 254 g/mol. The highest BCUT2D eigenvalue weighted by Gasteiger charge is 2.29. The highest BCUT2D eigenvalue weighted by Crippen LogP contribution is 2.34. The van der Waals surface area contributed by atoms with Crippen LogP contribution in [-0.4, -0.2) is 31.6 Å². The van der Waals surface area contributed by atoms with Crippen LogP contribution in [0.15, 0.2) is 18.2 Å². The molecule has 1 aliphatic rings. The average molecular weight is 277 g/mol. The molecule has 1 aromatic rings. The molecule has 1 fully saturated rings. The Hall–Kier alpha value is -1.91. The Morgan fingerprint density at radius 1 is 1.45 bits per heavy atom. The van der Waals surface area contributed by atoms with Crippen LogP contribution >= 0.6 is 0 Å². The summed E-state index contributed by atoms with van der Waals surface area (Å²) in [6.45, 7) is 6.13. The first-order valence-corrected chi connectivity index (χ1v) is 7.24. The van der Waals surface area contributed by atoms with Crippen molar-refractivity contribution in [2.45, 2.75) is 32.7 Å². The van der Waals surface area contributed by atoms with Gasteiger partial charge in [-0.25, -0.2) is 0 Å². The van der Waals surface area contributed by atoms with Crippen LogP contribution in [0.2, 0.25) is 0 Å². The highest BCUT2D eigenvalue weighted by atomic mass is 16.5. The molecule has 5 heteroatoms. The summed E-state index contributed by atoms with van der Waals surface area (Å²) >= 11 is 0. The molecule has 1 atom stereocenters. The second-order valence-corrected chi connectivity index (χ2v) is 4.95. The van der Waals surface area contributed by atoms with Crippen LogP contribution in [-0.2, 0) is 4.79 Å². The Morgan fingerprint density at radius 2 is 2.25 bits per heavy atom. The van der Waals surface area contributed by atoms with E-state index in [9.17, 15) is 4.79 Å². The fourth-order valence-corrected chi connectivity index (χ4v) is 2.53. The van der Waals surface area contributed by atoms with Gasteiger partial charge in [-0.3, -0.25) is 4.79 Å². The third kappa shape index (κ3) is 2.81. The zero-order valence-corrected chi connectivity index (χ0v) is 12.2. The van der Waals surface area contributed by atoms with Crippen molar-refractivity contribution in [2.75, 3.05) is 30.3 Å². The van der Waals surface area contributed by atoms with Gasteiger partial charge in [0.2, 0.25) is 5.91 Å². The lowest BCUT2D eigenvalue weighted by molar-refractivity contribution is -0.123. The van der Waals surface area contributed by atoms with Gasteiger partial charge in [-0.05, 0) is 25.0 Å². The van der Waals surface area contributed by atoms with E-state index in [4.69, 9.17) is 10.5 Å². The molecular formula is C15H23N3O2. The third-order valence-electron chi connectivity index (χ3n) is 3.53. The smallest absolute Gasteiger partial charge is 0.242 e. The second kappa shape index (κ2) is 6.50. The number of para-hydroxylation sites is 1. The average Bonchev–Trinajstić information content (AvgIpc) is 2.46. The lowest BCUT2D eigenvalue weighted by atomic mass is 10.1. The first-order valence-electron chi connectivity index (χ1n) is 7.24. The van der Waals surface area contributed by atoms with Crippen molar-refractivity contribution in [1.29, 1.82) is 0 Å². The number of rotatable bonds is 5.